The van der Waals surface area contributed by atoms with E-state index in [1.165, 1.54) is 7.05 Å². The topological polar surface area (TPSA) is 52.8 Å². The van der Waals surface area contributed by atoms with Crippen molar-refractivity contribution in [3.63, 3.8) is 0 Å². The van der Waals surface area contributed by atoms with Gasteiger partial charge in [0.25, 0.3) is 0 Å². The van der Waals surface area contributed by atoms with Gasteiger partial charge in [0.1, 0.15) is 0 Å². The minimum Gasteiger partial charge on any atom is -0.423 e. The minimum atomic E-state index is -1.43. The summed E-state index contributed by atoms with van der Waals surface area (Å²) in [5.74, 6) is 3.29. The van der Waals surface area contributed by atoms with E-state index in [2.05, 4.69) is 10.9 Å². The maximum atomic E-state index is 8.06. The Kier molecular flexibility index (Phi) is 3.33. The van der Waals surface area contributed by atoms with Crippen molar-refractivity contribution >= 4 is 13.0 Å². The molecule has 7 heavy (non-hydrogen) atoms. The van der Waals surface area contributed by atoms with Gasteiger partial charge in [-0.2, -0.15) is 0 Å². The zero-order valence-corrected chi connectivity index (χ0v) is 4.00. The van der Waals surface area contributed by atoms with E-state index in [1.807, 2.05) is 0 Å². The Hall–Kier alpha value is -0.565. The Bertz CT molecular complexity index is 95.1. The second kappa shape index (κ2) is 3.62. The van der Waals surface area contributed by atoms with Crippen LogP contribution in [0.3, 0.4) is 0 Å². The highest BCUT2D eigenvalue weighted by molar-refractivity contribution is 6.49. The molecule has 0 aliphatic carbocycles. The summed E-state index contributed by atoms with van der Waals surface area (Å²) in [6, 6.07) is 0. The fourth-order valence-electron chi connectivity index (χ4n) is 0.141. The Morgan fingerprint density at radius 3 is 2.43 bits per heavy atom. The third-order valence-corrected chi connectivity index (χ3v) is 0.353. The number of hydrogen-bond acceptors (Lipinski definition) is 3. The third-order valence-electron chi connectivity index (χ3n) is 0.353. The molecule has 0 spiro atoms. The minimum absolute atomic E-state index is 1.04. The summed E-state index contributed by atoms with van der Waals surface area (Å²) in [6.45, 7) is 0. The van der Waals surface area contributed by atoms with Crippen molar-refractivity contribution in [3.05, 3.63) is 5.98 Å². The molecule has 0 amide bonds. The van der Waals surface area contributed by atoms with Crippen LogP contribution in [0.15, 0.2) is 11.0 Å². The molecule has 0 unspecified atom stereocenters. The molecule has 2 N–H and O–H groups in total. The van der Waals surface area contributed by atoms with E-state index in [0.29, 0.717) is 0 Å². The highest BCUT2D eigenvalue weighted by Gasteiger charge is 1.95. The lowest BCUT2D eigenvalue weighted by Gasteiger charge is -1.75. The number of nitrogens with zero attached hydrogens (tertiary/aromatic N) is 1. The van der Waals surface area contributed by atoms with E-state index < -0.39 is 7.12 Å². The van der Waals surface area contributed by atoms with Gasteiger partial charge >= 0.3 is 7.12 Å². The van der Waals surface area contributed by atoms with Crippen molar-refractivity contribution < 1.29 is 10.0 Å². The first-order chi connectivity index (χ1) is 3.27. The Morgan fingerprint density at radius 1 is 1.71 bits per heavy atom. The van der Waals surface area contributed by atoms with Crippen LogP contribution in [0.5, 0.6) is 0 Å². The highest BCUT2D eigenvalue weighted by atomic mass is 16.4. The molecule has 3 nitrogen and oxygen atoms in total. The van der Waals surface area contributed by atoms with Gasteiger partial charge in [-0.3, -0.25) is 0 Å². The Labute approximate surface area is 42.2 Å². The van der Waals surface area contributed by atoms with Gasteiger partial charge in [-0.25, -0.2) is 4.99 Å². The molecular weight excluding hydrogens is 92.8 g/mol. The zero-order valence-electron chi connectivity index (χ0n) is 4.00. The number of aliphatic imine (C=N–C) groups is 1. The molecule has 4 heteroatoms. The van der Waals surface area contributed by atoms with Crippen LogP contribution in [0.25, 0.3) is 0 Å². The molecule has 0 aromatic rings. The molecule has 0 aromatic heterocycles. The number of rotatable bonds is 1. The quantitative estimate of drug-likeness (QED) is 0.322. The van der Waals surface area contributed by atoms with Crippen molar-refractivity contribution in [1.29, 1.82) is 0 Å². The van der Waals surface area contributed by atoms with Crippen LogP contribution in [-0.2, 0) is 0 Å². The zero-order chi connectivity index (χ0) is 5.70. The van der Waals surface area contributed by atoms with Crippen LogP contribution in [0, 0.1) is 0 Å². The van der Waals surface area contributed by atoms with Crippen molar-refractivity contribution in [3.8, 4) is 0 Å². The first-order valence-electron chi connectivity index (χ1n) is 1.81. The maximum absolute atomic E-state index is 8.06. The van der Waals surface area contributed by atoms with Gasteiger partial charge in [0.2, 0.25) is 0 Å². The molecule has 0 bridgehead atoms. The Balaban J connectivity index is 3.46. The van der Waals surface area contributed by atoms with Crippen LogP contribution < -0.4 is 0 Å². The second-order valence-electron chi connectivity index (χ2n) is 0.933. The predicted octanol–water partition coefficient (Wildman–Crippen LogP) is -1.15. The van der Waals surface area contributed by atoms with Crippen molar-refractivity contribution in [2.45, 2.75) is 0 Å². The van der Waals surface area contributed by atoms with E-state index in [4.69, 9.17) is 10.0 Å². The van der Waals surface area contributed by atoms with Crippen LogP contribution in [0.4, 0.5) is 0 Å². The van der Waals surface area contributed by atoms with E-state index in [0.717, 1.165) is 5.98 Å². The van der Waals surface area contributed by atoms with E-state index in [1.54, 1.807) is 0 Å². The van der Waals surface area contributed by atoms with Gasteiger partial charge in [-0.1, -0.05) is 0 Å². The van der Waals surface area contributed by atoms with Gasteiger partial charge in [0.15, 0.2) is 0 Å². The smallest absolute Gasteiger partial charge is 0.423 e. The normalized spacial score (nSPS) is 6.71. The van der Waals surface area contributed by atoms with Gasteiger partial charge < -0.3 is 10.0 Å². The lowest BCUT2D eigenvalue weighted by atomic mass is 9.93. The summed E-state index contributed by atoms with van der Waals surface area (Å²) < 4.78 is 0. The molecule has 0 saturated heterocycles. The molecule has 0 heterocycles. The van der Waals surface area contributed by atoms with E-state index in [-0.39, 0.29) is 0 Å². The fourth-order valence-corrected chi connectivity index (χ4v) is 0.141. The molecule has 0 aliphatic heterocycles. The SMILES string of the molecule is CN=C=CB(O)O. The first kappa shape index (κ1) is 6.43. The maximum Gasteiger partial charge on any atom is 0.490 e. The molecule has 0 fully saturated rings. The van der Waals surface area contributed by atoms with Gasteiger partial charge in [0.05, 0.1) is 0 Å². The summed E-state index contributed by atoms with van der Waals surface area (Å²) in [5.41, 5.74) is 0. The molecule has 0 atom stereocenters. The summed E-state index contributed by atoms with van der Waals surface area (Å²) in [6.07, 6.45) is 0. The highest BCUT2D eigenvalue weighted by Crippen LogP contribution is 1.61. The summed E-state index contributed by atoms with van der Waals surface area (Å²) in [4.78, 5) is 3.35. The summed E-state index contributed by atoms with van der Waals surface area (Å²) in [5, 5.41) is 16.1. The van der Waals surface area contributed by atoms with Crippen LogP contribution >= 0.6 is 0 Å². The first-order valence-corrected chi connectivity index (χ1v) is 1.81. The van der Waals surface area contributed by atoms with Crippen molar-refractivity contribution in [2.75, 3.05) is 7.05 Å². The molecule has 0 radical (unpaired) electrons. The predicted molar refractivity (Wildman–Crippen MR) is 28.1 cm³/mol. The summed E-state index contributed by atoms with van der Waals surface area (Å²) in [7, 11) is 0.0718. The van der Waals surface area contributed by atoms with Gasteiger partial charge in [-0.05, 0) is 5.87 Å². The molecule has 0 rings (SSSR count). The average molecular weight is 98.9 g/mol. The molecule has 0 saturated carbocycles. The third kappa shape index (κ3) is 5.43. The average Bonchev–Trinajstić information content (AvgIpc) is 1.61. The van der Waals surface area contributed by atoms with Crippen LogP contribution in [-0.4, -0.2) is 30.1 Å². The van der Waals surface area contributed by atoms with Crippen LogP contribution in [0.1, 0.15) is 0 Å². The van der Waals surface area contributed by atoms with Gasteiger partial charge in [-0.15, -0.1) is 0 Å². The number of hydrogen-bond donors (Lipinski definition) is 2. The lowest BCUT2D eigenvalue weighted by Crippen LogP contribution is -2.05. The van der Waals surface area contributed by atoms with E-state index >= 15 is 0 Å². The van der Waals surface area contributed by atoms with Gasteiger partial charge in [0, 0.05) is 13.0 Å². The Morgan fingerprint density at radius 2 is 2.29 bits per heavy atom. The second-order valence-corrected chi connectivity index (χ2v) is 0.933. The molecule has 0 aromatic carbocycles. The molecule has 0 aliphatic rings. The van der Waals surface area contributed by atoms with Crippen LogP contribution in [0.2, 0.25) is 0 Å². The lowest BCUT2D eigenvalue weighted by molar-refractivity contribution is 0.424. The van der Waals surface area contributed by atoms with Crippen molar-refractivity contribution in [1.82, 2.24) is 0 Å². The largest absolute Gasteiger partial charge is 0.490 e. The standard InChI is InChI=1S/C3H6BNO2/c1-5-3-2-4(6)7/h2,6-7H,1H3. The summed E-state index contributed by atoms with van der Waals surface area (Å²) >= 11 is 0. The van der Waals surface area contributed by atoms with Crippen molar-refractivity contribution in [2.24, 2.45) is 4.99 Å². The monoisotopic (exact) mass is 99.0 g/mol. The van der Waals surface area contributed by atoms with E-state index in [9.17, 15) is 0 Å². The fraction of sp³-hybridized carbons (Fsp3) is 0.333. The molecular formula is C3H6BNO2. The molecule has 38 valence electrons.